The molecule has 0 radical (unpaired) electrons. The van der Waals surface area contributed by atoms with Crippen molar-refractivity contribution >= 4 is 22.0 Å². The predicted octanol–water partition coefficient (Wildman–Crippen LogP) is 2.45. The number of benzene rings is 2. The zero-order valence-corrected chi connectivity index (χ0v) is 20.2. The molecule has 0 aliphatic carbocycles. The number of hydrogen-bond acceptors (Lipinski definition) is 8. The first-order chi connectivity index (χ1) is 16.9. The Labute approximate surface area is 206 Å². The second-order valence-electron chi connectivity index (χ2n) is 9.11. The van der Waals surface area contributed by atoms with Crippen LogP contribution in [-0.2, 0) is 9.47 Å². The smallest absolute Gasteiger partial charge is 0.175 e. The van der Waals surface area contributed by atoms with Crippen LogP contribution >= 0.6 is 0 Å². The molecule has 0 bridgehead atoms. The second kappa shape index (κ2) is 11.7. The fourth-order valence-electron chi connectivity index (χ4n) is 4.52. The molecule has 0 aromatic heterocycles. The molecule has 4 rings (SSSR count). The third-order valence-electron chi connectivity index (χ3n) is 6.61. The molecular formula is C27H34N4O4. The highest BCUT2D eigenvalue weighted by Gasteiger charge is 2.29. The zero-order chi connectivity index (χ0) is 24.8. The van der Waals surface area contributed by atoms with Crippen LogP contribution in [0.3, 0.4) is 0 Å². The Kier molecular flexibility index (Phi) is 8.39. The van der Waals surface area contributed by atoms with Crippen molar-refractivity contribution < 1.29 is 19.7 Å². The van der Waals surface area contributed by atoms with E-state index in [1.165, 1.54) is 0 Å². The lowest BCUT2D eigenvalue weighted by atomic mass is 9.96. The Morgan fingerprint density at radius 2 is 1.91 bits per heavy atom. The van der Waals surface area contributed by atoms with E-state index in [4.69, 9.17) is 9.47 Å². The number of nitriles is 1. The van der Waals surface area contributed by atoms with E-state index in [2.05, 4.69) is 58.5 Å². The van der Waals surface area contributed by atoms with Gasteiger partial charge in [-0.3, -0.25) is 4.90 Å². The standard InChI is InChI=1S/C27H34N4O4/c1-18(25(16-28)19(2)30-26-15-24(32)17-35-27(26)33)20-3-4-22-14-23(6-5-21(22)13-20)29-7-8-31-9-11-34-12-10-31/h3-6,13-14,24,26-27,29-30,32-33H,2,7-12,15,17H2,1H3/b25-18+. The average molecular weight is 479 g/mol. The van der Waals surface area contributed by atoms with E-state index in [-0.39, 0.29) is 6.61 Å². The number of rotatable bonds is 8. The van der Waals surface area contributed by atoms with Crippen LogP contribution in [0.2, 0.25) is 0 Å². The normalized spacial score (nSPS) is 23.9. The number of ether oxygens (including phenoxy) is 2. The fourth-order valence-corrected chi connectivity index (χ4v) is 4.52. The molecule has 8 nitrogen and oxygen atoms in total. The first-order valence-electron chi connectivity index (χ1n) is 12.1. The highest BCUT2D eigenvalue weighted by atomic mass is 16.6. The number of anilines is 1. The minimum atomic E-state index is -1.06. The Bertz CT molecular complexity index is 1120. The minimum Gasteiger partial charge on any atom is -0.391 e. The van der Waals surface area contributed by atoms with Gasteiger partial charge in [-0.1, -0.05) is 24.8 Å². The third kappa shape index (κ3) is 6.40. The minimum absolute atomic E-state index is 0.0913. The summed E-state index contributed by atoms with van der Waals surface area (Å²) in [5.41, 5.74) is 3.58. The van der Waals surface area contributed by atoms with E-state index in [1.807, 2.05) is 13.0 Å². The maximum Gasteiger partial charge on any atom is 0.175 e. The van der Waals surface area contributed by atoms with Crippen LogP contribution in [0.5, 0.6) is 0 Å². The summed E-state index contributed by atoms with van der Waals surface area (Å²) in [6.45, 7) is 11.4. The molecule has 2 heterocycles. The monoisotopic (exact) mass is 478 g/mol. The summed E-state index contributed by atoms with van der Waals surface area (Å²) in [7, 11) is 0. The lowest BCUT2D eigenvalue weighted by Gasteiger charge is -2.32. The van der Waals surface area contributed by atoms with Gasteiger partial charge in [-0.25, -0.2) is 0 Å². The molecule has 2 aliphatic rings. The molecule has 0 amide bonds. The van der Waals surface area contributed by atoms with Gasteiger partial charge in [-0.2, -0.15) is 5.26 Å². The largest absolute Gasteiger partial charge is 0.391 e. The molecule has 35 heavy (non-hydrogen) atoms. The van der Waals surface area contributed by atoms with Crippen LogP contribution in [0.15, 0.2) is 54.2 Å². The molecule has 186 valence electrons. The zero-order valence-electron chi connectivity index (χ0n) is 20.2. The molecule has 0 spiro atoms. The highest BCUT2D eigenvalue weighted by molar-refractivity contribution is 5.89. The van der Waals surface area contributed by atoms with E-state index in [9.17, 15) is 15.5 Å². The maximum absolute atomic E-state index is 10.1. The van der Waals surface area contributed by atoms with Crippen molar-refractivity contribution in [3.8, 4) is 6.07 Å². The van der Waals surface area contributed by atoms with Crippen LogP contribution in [0.25, 0.3) is 16.3 Å². The third-order valence-corrected chi connectivity index (χ3v) is 6.61. The molecule has 2 saturated heterocycles. The van der Waals surface area contributed by atoms with Crippen molar-refractivity contribution in [2.24, 2.45) is 0 Å². The van der Waals surface area contributed by atoms with Gasteiger partial charge in [0.25, 0.3) is 0 Å². The molecule has 3 unspecified atom stereocenters. The predicted molar refractivity (Wildman–Crippen MR) is 137 cm³/mol. The second-order valence-corrected chi connectivity index (χ2v) is 9.11. The van der Waals surface area contributed by atoms with E-state index < -0.39 is 18.4 Å². The molecule has 2 aromatic rings. The lowest BCUT2D eigenvalue weighted by molar-refractivity contribution is -0.171. The number of fused-ring (bicyclic) bond motifs is 1. The van der Waals surface area contributed by atoms with Crippen LogP contribution in [0.4, 0.5) is 5.69 Å². The van der Waals surface area contributed by atoms with Gasteiger partial charge in [0.1, 0.15) is 6.07 Å². The summed E-state index contributed by atoms with van der Waals surface area (Å²) in [6.07, 6.45) is -1.41. The quantitative estimate of drug-likeness (QED) is 0.338. The van der Waals surface area contributed by atoms with Gasteiger partial charge >= 0.3 is 0 Å². The van der Waals surface area contributed by atoms with E-state index >= 15 is 0 Å². The first-order valence-corrected chi connectivity index (χ1v) is 12.1. The summed E-state index contributed by atoms with van der Waals surface area (Å²) >= 11 is 0. The summed E-state index contributed by atoms with van der Waals surface area (Å²) in [5, 5.41) is 38.5. The lowest BCUT2D eigenvalue weighted by Crippen LogP contribution is -2.48. The molecule has 2 fully saturated rings. The van der Waals surface area contributed by atoms with Gasteiger partial charge in [0.15, 0.2) is 6.29 Å². The maximum atomic E-state index is 10.1. The number of aliphatic hydroxyl groups is 2. The number of aliphatic hydroxyl groups excluding tert-OH is 2. The average Bonchev–Trinajstić information content (AvgIpc) is 2.87. The summed E-state index contributed by atoms with van der Waals surface area (Å²) < 4.78 is 10.6. The molecule has 3 atom stereocenters. The Morgan fingerprint density at radius 1 is 1.17 bits per heavy atom. The Balaban J connectivity index is 1.44. The van der Waals surface area contributed by atoms with E-state index in [1.54, 1.807) is 0 Å². The Morgan fingerprint density at radius 3 is 2.69 bits per heavy atom. The van der Waals surface area contributed by atoms with Crippen LogP contribution in [0.1, 0.15) is 18.9 Å². The van der Waals surface area contributed by atoms with Gasteiger partial charge in [0.2, 0.25) is 0 Å². The van der Waals surface area contributed by atoms with E-state index in [0.717, 1.165) is 67.0 Å². The number of hydrogen-bond donors (Lipinski definition) is 4. The van der Waals surface area contributed by atoms with E-state index in [0.29, 0.717) is 17.7 Å². The molecular weight excluding hydrogens is 444 g/mol. The molecule has 2 aliphatic heterocycles. The van der Waals surface area contributed by atoms with Crippen molar-refractivity contribution in [3.05, 3.63) is 59.8 Å². The molecule has 8 heteroatoms. The van der Waals surface area contributed by atoms with Gasteiger partial charge < -0.3 is 30.3 Å². The van der Waals surface area contributed by atoms with Crippen molar-refractivity contribution in [1.29, 1.82) is 5.26 Å². The molecule has 2 aromatic carbocycles. The van der Waals surface area contributed by atoms with Crippen molar-refractivity contribution in [3.63, 3.8) is 0 Å². The van der Waals surface area contributed by atoms with Crippen LogP contribution in [0, 0.1) is 11.3 Å². The number of nitrogens with zero attached hydrogens (tertiary/aromatic N) is 2. The van der Waals surface area contributed by atoms with Gasteiger partial charge in [-0.15, -0.1) is 0 Å². The van der Waals surface area contributed by atoms with Crippen LogP contribution in [-0.4, -0.2) is 79.5 Å². The van der Waals surface area contributed by atoms with Gasteiger partial charge in [-0.05, 0) is 47.0 Å². The SMILES string of the molecule is C=C(NC1CC(O)COC1O)/C(C#N)=C(\C)c1ccc2cc(NCCN3CCOCC3)ccc2c1. The fraction of sp³-hybridized carbons (Fsp3) is 0.444. The summed E-state index contributed by atoms with van der Waals surface area (Å²) in [5.74, 6) is 0. The molecule has 4 N–H and O–H groups in total. The van der Waals surface area contributed by atoms with Crippen molar-refractivity contribution in [1.82, 2.24) is 10.2 Å². The van der Waals surface area contributed by atoms with Gasteiger partial charge in [0.05, 0.1) is 37.5 Å². The summed E-state index contributed by atoms with van der Waals surface area (Å²) in [4.78, 5) is 2.40. The number of allylic oxidation sites excluding steroid dienone is 2. The highest BCUT2D eigenvalue weighted by Crippen LogP contribution is 2.27. The van der Waals surface area contributed by atoms with Gasteiger partial charge in [0, 0.05) is 44.0 Å². The van der Waals surface area contributed by atoms with Crippen LogP contribution < -0.4 is 10.6 Å². The summed E-state index contributed by atoms with van der Waals surface area (Å²) in [6, 6.07) is 14.1. The van der Waals surface area contributed by atoms with Crippen molar-refractivity contribution in [2.75, 3.05) is 51.3 Å². The molecule has 0 saturated carbocycles. The first kappa shape index (κ1) is 25.2. The number of morpholine rings is 1. The number of nitrogens with one attached hydrogen (secondary N) is 2. The Hall–Kier alpha value is -2.93. The topological polar surface area (TPSA) is 110 Å². The van der Waals surface area contributed by atoms with Crippen molar-refractivity contribution in [2.45, 2.75) is 31.8 Å².